The van der Waals surface area contributed by atoms with Crippen LogP contribution < -0.4 is 5.32 Å². The summed E-state index contributed by atoms with van der Waals surface area (Å²) >= 11 is 2.02. The lowest BCUT2D eigenvalue weighted by Gasteiger charge is -2.29. The van der Waals surface area contributed by atoms with E-state index in [1.165, 1.54) is 12.8 Å². The fourth-order valence-electron chi connectivity index (χ4n) is 2.75. The fraction of sp³-hybridized carbons (Fsp3) is 0.714. The van der Waals surface area contributed by atoms with Gasteiger partial charge in [0.15, 0.2) is 0 Å². The monoisotopic (exact) mass is 281 g/mol. The third-order valence-corrected chi connectivity index (χ3v) is 4.85. The van der Waals surface area contributed by atoms with E-state index in [1.807, 2.05) is 25.7 Å². The summed E-state index contributed by atoms with van der Waals surface area (Å²) in [7, 11) is 1.85. The van der Waals surface area contributed by atoms with Gasteiger partial charge in [0.25, 0.3) is 5.91 Å². The molecule has 1 aliphatic carbocycles. The van der Waals surface area contributed by atoms with Crippen LogP contribution in [0.3, 0.4) is 0 Å². The van der Waals surface area contributed by atoms with Gasteiger partial charge in [-0.05, 0) is 31.9 Å². The van der Waals surface area contributed by atoms with E-state index < -0.39 is 0 Å². The van der Waals surface area contributed by atoms with Gasteiger partial charge in [0.2, 0.25) is 0 Å². The minimum atomic E-state index is 0.0257. The summed E-state index contributed by atoms with van der Waals surface area (Å²) in [5.41, 5.74) is 1.50. The summed E-state index contributed by atoms with van der Waals surface area (Å²) in [6, 6.07) is 0.324. The van der Waals surface area contributed by atoms with Crippen LogP contribution in [0.5, 0.6) is 0 Å². The molecule has 1 fully saturated rings. The van der Waals surface area contributed by atoms with Crippen molar-refractivity contribution in [2.24, 2.45) is 7.05 Å². The molecule has 2 rings (SSSR count). The van der Waals surface area contributed by atoms with Gasteiger partial charge in [-0.2, -0.15) is 16.9 Å². The zero-order valence-corrected chi connectivity index (χ0v) is 12.8. The molecule has 4 nitrogen and oxygen atoms in total. The van der Waals surface area contributed by atoms with Crippen LogP contribution >= 0.6 is 11.8 Å². The Kier molecular flexibility index (Phi) is 4.91. The van der Waals surface area contributed by atoms with Crippen molar-refractivity contribution in [1.82, 2.24) is 15.1 Å². The topological polar surface area (TPSA) is 46.9 Å². The van der Waals surface area contributed by atoms with Gasteiger partial charge in [0.1, 0.15) is 0 Å². The number of nitrogens with zero attached hydrogens (tertiary/aromatic N) is 2. The molecular formula is C14H23N3OS. The van der Waals surface area contributed by atoms with Gasteiger partial charge in [-0.15, -0.1) is 0 Å². The molecule has 1 amide bonds. The van der Waals surface area contributed by atoms with Crippen LogP contribution in [0, 0.1) is 6.92 Å². The van der Waals surface area contributed by atoms with E-state index in [1.54, 1.807) is 10.9 Å². The predicted octanol–water partition coefficient (Wildman–Crippen LogP) is 2.52. The van der Waals surface area contributed by atoms with Crippen molar-refractivity contribution >= 4 is 17.7 Å². The zero-order valence-electron chi connectivity index (χ0n) is 12.0. The molecule has 1 heterocycles. The second-order valence-electron chi connectivity index (χ2n) is 5.22. The molecular weight excluding hydrogens is 258 g/mol. The molecule has 106 valence electrons. The number of nitrogens with one attached hydrogen (secondary N) is 1. The number of hydrogen-bond acceptors (Lipinski definition) is 3. The summed E-state index contributed by atoms with van der Waals surface area (Å²) in [5, 5.41) is 8.10. The maximum Gasteiger partial charge on any atom is 0.254 e. The molecule has 0 spiro atoms. The molecule has 5 heteroatoms. The second-order valence-corrected chi connectivity index (χ2v) is 6.79. The van der Waals surface area contributed by atoms with E-state index in [4.69, 9.17) is 0 Å². The molecule has 1 N–H and O–H groups in total. The van der Waals surface area contributed by atoms with Gasteiger partial charge in [0, 0.05) is 24.5 Å². The Hall–Kier alpha value is -0.970. The van der Waals surface area contributed by atoms with Crippen LogP contribution in [0.15, 0.2) is 6.20 Å². The van der Waals surface area contributed by atoms with E-state index in [0.29, 0.717) is 16.9 Å². The van der Waals surface area contributed by atoms with Crippen molar-refractivity contribution in [3.8, 4) is 0 Å². The van der Waals surface area contributed by atoms with Crippen molar-refractivity contribution in [2.75, 3.05) is 5.75 Å². The minimum absolute atomic E-state index is 0.0257. The predicted molar refractivity (Wildman–Crippen MR) is 79.6 cm³/mol. The van der Waals surface area contributed by atoms with E-state index in [2.05, 4.69) is 17.3 Å². The highest BCUT2D eigenvalue weighted by Gasteiger charge is 2.24. The van der Waals surface area contributed by atoms with Gasteiger partial charge in [-0.25, -0.2) is 0 Å². The van der Waals surface area contributed by atoms with Crippen molar-refractivity contribution < 1.29 is 4.79 Å². The molecule has 1 saturated carbocycles. The molecule has 1 aromatic heterocycles. The number of aromatic nitrogens is 2. The first-order valence-electron chi connectivity index (χ1n) is 7.02. The molecule has 0 aromatic carbocycles. The minimum Gasteiger partial charge on any atom is -0.349 e. The maximum atomic E-state index is 12.2. The van der Waals surface area contributed by atoms with Gasteiger partial charge < -0.3 is 5.32 Å². The SMILES string of the molecule is CCS[C@H]1CCC[C@@H](NC(=O)c2cn(C)nc2C)C1. The smallest absolute Gasteiger partial charge is 0.254 e. The molecule has 0 saturated heterocycles. The van der Waals surface area contributed by atoms with Crippen LogP contribution in [0.4, 0.5) is 0 Å². The van der Waals surface area contributed by atoms with Crippen LogP contribution in [0.2, 0.25) is 0 Å². The van der Waals surface area contributed by atoms with E-state index in [9.17, 15) is 4.79 Å². The van der Waals surface area contributed by atoms with E-state index in [-0.39, 0.29) is 5.91 Å². The number of carbonyl (C=O) groups is 1. The lowest BCUT2D eigenvalue weighted by molar-refractivity contribution is 0.0928. The number of thioether (sulfide) groups is 1. The zero-order chi connectivity index (χ0) is 13.8. The number of amides is 1. The van der Waals surface area contributed by atoms with E-state index >= 15 is 0 Å². The molecule has 0 radical (unpaired) electrons. The van der Waals surface area contributed by atoms with Crippen molar-refractivity contribution in [3.63, 3.8) is 0 Å². The highest BCUT2D eigenvalue weighted by atomic mass is 32.2. The Morgan fingerprint density at radius 3 is 3.00 bits per heavy atom. The third kappa shape index (κ3) is 3.75. The lowest BCUT2D eigenvalue weighted by Crippen LogP contribution is -2.39. The number of carbonyl (C=O) groups excluding carboxylic acids is 1. The van der Waals surface area contributed by atoms with Crippen LogP contribution in [0.25, 0.3) is 0 Å². The molecule has 2 atom stereocenters. The second kappa shape index (κ2) is 6.46. The molecule has 0 bridgehead atoms. The molecule has 19 heavy (non-hydrogen) atoms. The van der Waals surface area contributed by atoms with Gasteiger partial charge in [-0.1, -0.05) is 13.3 Å². The molecule has 0 aliphatic heterocycles. The van der Waals surface area contributed by atoms with Crippen molar-refractivity contribution in [3.05, 3.63) is 17.5 Å². The Bertz CT molecular complexity index is 442. The molecule has 0 unspecified atom stereocenters. The van der Waals surface area contributed by atoms with Crippen molar-refractivity contribution in [2.45, 2.75) is 50.8 Å². The van der Waals surface area contributed by atoms with Crippen molar-refractivity contribution in [1.29, 1.82) is 0 Å². The van der Waals surface area contributed by atoms with Gasteiger partial charge >= 0.3 is 0 Å². The summed E-state index contributed by atoms with van der Waals surface area (Å²) in [6.07, 6.45) is 6.51. The van der Waals surface area contributed by atoms with Crippen LogP contribution in [-0.4, -0.2) is 32.7 Å². The normalized spacial score (nSPS) is 23.3. The first kappa shape index (κ1) is 14.4. The summed E-state index contributed by atoms with van der Waals surface area (Å²) in [4.78, 5) is 12.2. The summed E-state index contributed by atoms with van der Waals surface area (Å²) in [5.74, 6) is 1.19. The highest BCUT2D eigenvalue weighted by molar-refractivity contribution is 7.99. The van der Waals surface area contributed by atoms with Crippen LogP contribution in [-0.2, 0) is 7.05 Å². The Balaban J connectivity index is 1.93. The Labute approximate surface area is 119 Å². The first-order valence-corrected chi connectivity index (χ1v) is 8.07. The third-order valence-electron chi connectivity index (χ3n) is 3.62. The van der Waals surface area contributed by atoms with Gasteiger partial charge in [-0.3, -0.25) is 9.48 Å². The summed E-state index contributed by atoms with van der Waals surface area (Å²) < 4.78 is 1.70. The average molecular weight is 281 g/mol. The van der Waals surface area contributed by atoms with Crippen LogP contribution in [0.1, 0.15) is 48.7 Å². The Morgan fingerprint density at radius 2 is 2.37 bits per heavy atom. The maximum absolute atomic E-state index is 12.2. The Morgan fingerprint density at radius 1 is 1.58 bits per heavy atom. The molecule has 1 aliphatic rings. The quantitative estimate of drug-likeness (QED) is 0.922. The average Bonchev–Trinajstić information content (AvgIpc) is 2.69. The highest BCUT2D eigenvalue weighted by Crippen LogP contribution is 2.28. The largest absolute Gasteiger partial charge is 0.349 e. The summed E-state index contributed by atoms with van der Waals surface area (Å²) in [6.45, 7) is 4.08. The van der Waals surface area contributed by atoms with Gasteiger partial charge in [0.05, 0.1) is 11.3 Å². The standard InChI is InChI=1S/C14H23N3OS/c1-4-19-12-7-5-6-11(8-12)15-14(18)13-9-17(3)16-10(13)2/h9,11-12H,4-8H2,1-3H3,(H,15,18)/t11-,12+/m1/s1. The number of aryl methyl sites for hydroxylation is 2. The number of rotatable bonds is 4. The molecule has 1 aromatic rings. The fourth-order valence-corrected chi connectivity index (χ4v) is 3.92. The lowest BCUT2D eigenvalue weighted by atomic mass is 9.94. The van der Waals surface area contributed by atoms with E-state index in [0.717, 1.165) is 24.3 Å². The first-order chi connectivity index (χ1) is 9.10. The number of hydrogen-bond donors (Lipinski definition) is 1.